The molecule has 0 spiro atoms. The van der Waals surface area contributed by atoms with Gasteiger partial charge in [0.2, 0.25) is 0 Å². The minimum atomic E-state index is -0.901. The van der Waals surface area contributed by atoms with E-state index < -0.39 is 12.1 Å². The minimum Gasteiger partial charge on any atom is -0.449 e. The molecule has 1 N–H and O–H groups in total. The van der Waals surface area contributed by atoms with Crippen molar-refractivity contribution in [3.63, 3.8) is 0 Å². The number of rotatable bonds is 5. The van der Waals surface area contributed by atoms with Crippen LogP contribution < -0.4 is 5.32 Å². The van der Waals surface area contributed by atoms with Crippen molar-refractivity contribution in [2.75, 3.05) is 5.32 Å². The van der Waals surface area contributed by atoms with Crippen LogP contribution in [0.15, 0.2) is 60.7 Å². The van der Waals surface area contributed by atoms with Crippen LogP contribution in [0.4, 0.5) is 5.69 Å². The molecule has 28 heavy (non-hydrogen) atoms. The van der Waals surface area contributed by atoms with E-state index in [1.165, 1.54) is 0 Å². The molecule has 0 bridgehead atoms. The first kappa shape index (κ1) is 19.4. The molecular weight excluding hydrogens is 352 g/mol. The lowest BCUT2D eigenvalue weighted by molar-refractivity contribution is -0.123. The molecule has 3 aromatic rings. The summed E-state index contributed by atoms with van der Waals surface area (Å²) < 4.78 is 7.43. The molecule has 0 saturated heterocycles. The average molecular weight is 376 g/mol. The maximum Gasteiger partial charge on any atom is 0.338 e. The first-order valence-corrected chi connectivity index (χ1v) is 9.19. The van der Waals surface area contributed by atoms with Gasteiger partial charge in [-0.1, -0.05) is 12.1 Å². The molecule has 0 aliphatic heterocycles. The van der Waals surface area contributed by atoms with Gasteiger partial charge >= 0.3 is 5.97 Å². The second-order valence-electron chi connectivity index (χ2n) is 6.90. The number of benzene rings is 2. The number of carbonyl (C=O) groups excluding carboxylic acids is 2. The molecule has 5 heteroatoms. The average Bonchev–Trinajstić information content (AvgIpc) is 3.00. The summed E-state index contributed by atoms with van der Waals surface area (Å²) in [5, 5.41) is 2.76. The summed E-state index contributed by atoms with van der Waals surface area (Å²) in [6.45, 7) is 7.57. The first-order valence-electron chi connectivity index (χ1n) is 9.19. The Kier molecular flexibility index (Phi) is 5.64. The van der Waals surface area contributed by atoms with Crippen LogP contribution in [0, 0.1) is 20.8 Å². The molecule has 144 valence electrons. The SMILES string of the molecule is Cc1cccc(NC(=O)[C@H](C)OC(=O)c2ccc(-n3c(C)ccc3C)cc2)c1. The molecule has 2 aromatic carbocycles. The summed E-state index contributed by atoms with van der Waals surface area (Å²) in [5.41, 5.74) is 5.33. The highest BCUT2D eigenvalue weighted by Gasteiger charge is 2.19. The van der Waals surface area contributed by atoms with Crippen molar-refractivity contribution < 1.29 is 14.3 Å². The zero-order chi connectivity index (χ0) is 20.3. The van der Waals surface area contributed by atoms with E-state index in [-0.39, 0.29) is 5.91 Å². The molecule has 1 amide bonds. The number of esters is 1. The van der Waals surface area contributed by atoms with Crippen LogP contribution >= 0.6 is 0 Å². The smallest absolute Gasteiger partial charge is 0.338 e. The fraction of sp³-hybridized carbons (Fsp3) is 0.217. The Morgan fingerprint density at radius 1 is 0.929 bits per heavy atom. The van der Waals surface area contributed by atoms with E-state index in [0.717, 1.165) is 22.6 Å². The molecule has 0 saturated carbocycles. The minimum absolute atomic E-state index is 0.367. The van der Waals surface area contributed by atoms with Gasteiger partial charge in [-0.25, -0.2) is 4.79 Å². The van der Waals surface area contributed by atoms with Crippen molar-refractivity contribution in [2.45, 2.75) is 33.8 Å². The molecule has 0 aliphatic rings. The van der Waals surface area contributed by atoms with Crippen LogP contribution in [-0.4, -0.2) is 22.5 Å². The van der Waals surface area contributed by atoms with E-state index in [2.05, 4.69) is 9.88 Å². The van der Waals surface area contributed by atoms with Crippen molar-refractivity contribution in [1.29, 1.82) is 0 Å². The topological polar surface area (TPSA) is 60.3 Å². The highest BCUT2D eigenvalue weighted by Crippen LogP contribution is 2.18. The number of nitrogens with one attached hydrogen (secondary N) is 1. The Morgan fingerprint density at radius 2 is 1.57 bits per heavy atom. The number of hydrogen-bond acceptors (Lipinski definition) is 3. The molecular formula is C23H24N2O3. The van der Waals surface area contributed by atoms with Gasteiger partial charge in [0.1, 0.15) is 0 Å². The third-order valence-electron chi connectivity index (χ3n) is 4.57. The van der Waals surface area contributed by atoms with Crippen LogP contribution in [0.1, 0.15) is 34.2 Å². The zero-order valence-electron chi connectivity index (χ0n) is 16.5. The summed E-state index contributed by atoms with van der Waals surface area (Å²) >= 11 is 0. The van der Waals surface area contributed by atoms with E-state index in [1.807, 2.05) is 63.2 Å². The van der Waals surface area contributed by atoms with Crippen molar-refractivity contribution in [3.8, 4) is 5.69 Å². The van der Waals surface area contributed by atoms with Gasteiger partial charge < -0.3 is 14.6 Å². The van der Waals surface area contributed by atoms with Gasteiger partial charge in [0.05, 0.1) is 5.56 Å². The molecule has 5 nitrogen and oxygen atoms in total. The predicted octanol–water partition coefficient (Wildman–Crippen LogP) is 4.59. The highest BCUT2D eigenvalue weighted by atomic mass is 16.5. The van der Waals surface area contributed by atoms with Gasteiger partial charge in [0.15, 0.2) is 6.10 Å². The van der Waals surface area contributed by atoms with Crippen molar-refractivity contribution >= 4 is 17.6 Å². The lowest BCUT2D eigenvalue weighted by atomic mass is 10.2. The van der Waals surface area contributed by atoms with Crippen molar-refractivity contribution in [1.82, 2.24) is 4.57 Å². The van der Waals surface area contributed by atoms with Crippen LogP contribution in [0.5, 0.6) is 0 Å². The van der Waals surface area contributed by atoms with Gasteiger partial charge in [-0.05, 0) is 81.8 Å². The number of aryl methyl sites for hydroxylation is 3. The lowest BCUT2D eigenvalue weighted by Crippen LogP contribution is -2.30. The number of carbonyl (C=O) groups is 2. The molecule has 0 aliphatic carbocycles. The van der Waals surface area contributed by atoms with Gasteiger partial charge in [0.25, 0.3) is 5.91 Å². The van der Waals surface area contributed by atoms with Gasteiger partial charge in [-0.2, -0.15) is 0 Å². The van der Waals surface area contributed by atoms with Gasteiger partial charge in [-0.3, -0.25) is 4.79 Å². The third-order valence-corrected chi connectivity index (χ3v) is 4.57. The highest BCUT2D eigenvalue weighted by molar-refractivity contribution is 5.97. The Labute approximate surface area is 165 Å². The van der Waals surface area contributed by atoms with E-state index in [1.54, 1.807) is 25.1 Å². The second-order valence-corrected chi connectivity index (χ2v) is 6.90. The summed E-state index contributed by atoms with van der Waals surface area (Å²) in [5.74, 6) is -0.895. The molecule has 1 atom stereocenters. The lowest BCUT2D eigenvalue weighted by Gasteiger charge is -2.14. The van der Waals surface area contributed by atoms with E-state index in [0.29, 0.717) is 11.3 Å². The molecule has 1 aromatic heterocycles. The summed E-state index contributed by atoms with van der Waals surface area (Å²) in [6, 6.07) is 18.7. The van der Waals surface area contributed by atoms with E-state index >= 15 is 0 Å². The number of ether oxygens (including phenoxy) is 1. The molecule has 0 fully saturated rings. The van der Waals surface area contributed by atoms with E-state index in [4.69, 9.17) is 4.74 Å². The predicted molar refractivity (Wildman–Crippen MR) is 110 cm³/mol. The van der Waals surface area contributed by atoms with Crippen molar-refractivity contribution in [3.05, 3.63) is 83.2 Å². The number of aromatic nitrogens is 1. The monoisotopic (exact) mass is 376 g/mol. The van der Waals surface area contributed by atoms with Crippen molar-refractivity contribution in [2.24, 2.45) is 0 Å². The largest absolute Gasteiger partial charge is 0.449 e. The van der Waals surface area contributed by atoms with Gasteiger partial charge in [-0.15, -0.1) is 0 Å². The van der Waals surface area contributed by atoms with Crippen LogP contribution in [0.3, 0.4) is 0 Å². The number of anilines is 1. The first-order chi connectivity index (χ1) is 13.3. The number of amides is 1. The number of hydrogen-bond donors (Lipinski definition) is 1. The van der Waals surface area contributed by atoms with Crippen LogP contribution in [-0.2, 0) is 9.53 Å². The number of nitrogens with zero attached hydrogens (tertiary/aromatic N) is 1. The second kappa shape index (κ2) is 8.13. The third kappa shape index (κ3) is 4.31. The Hall–Kier alpha value is -3.34. The van der Waals surface area contributed by atoms with E-state index in [9.17, 15) is 9.59 Å². The maximum absolute atomic E-state index is 12.4. The zero-order valence-corrected chi connectivity index (χ0v) is 16.5. The Morgan fingerprint density at radius 3 is 2.18 bits per heavy atom. The summed E-state index contributed by atoms with van der Waals surface area (Å²) in [7, 11) is 0. The molecule has 1 heterocycles. The maximum atomic E-state index is 12.4. The molecule has 3 rings (SSSR count). The molecule has 0 radical (unpaired) electrons. The normalized spacial score (nSPS) is 11.7. The van der Waals surface area contributed by atoms with Crippen LogP contribution in [0.25, 0.3) is 5.69 Å². The Balaban J connectivity index is 1.64. The standard InChI is InChI=1S/C23H24N2O3/c1-15-6-5-7-20(14-15)24-22(26)18(4)28-23(27)19-10-12-21(13-11-19)25-16(2)8-9-17(25)3/h5-14,18H,1-4H3,(H,24,26)/t18-/m0/s1. The fourth-order valence-corrected chi connectivity index (χ4v) is 3.07. The van der Waals surface area contributed by atoms with Crippen LogP contribution in [0.2, 0.25) is 0 Å². The summed E-state index contributed by atoms with van der Waals surface area (Å²) in [6.07, 6.45) is -0.901. The Bertz CT molecular complexity index is 983. The fourth-order valence-electron chi connectivity index (χ4n) is 3.07. The van der Waals surface area contributed by atoms with Gasteiger partial charge in [0, 0.05) is 22.8 Å². The molecule has 0 unspecified atom stereocenters. The summed E-state index contributed by atoms with van der Waals surface area (Å²) in [4.78, 5) is 24.7. The quantitative estimate of drug-likeness (QED) is 0.663.